The Kier molecular flexibility index (Phi) is 6.22. The van der Waals surface area contributed by atoms with E-state index in [9.17, 15) is 0 Å². The van der Waals surface area contributed by atoms with Gasteiger partial charge in [-0.25, -0.2) is 4.98 Å². The zero-order valence-electron chi connectivity index (χ0n) is 12.9. The van der Waals surface area contributed by atoms with Crippen LogP contribution in [0, 0.1) is 0 Å². The molecule has 0 fully saturated rings. The Bertz CT molecular complexity index is 511. The summed E-state index contributed by atoms with van der Waals surface area (Å²) in [4.78, 5) is 4.28. The van der Waals surface area contributed by atoms with Gasteiger partial charge in [0.25, 0.3) is 0 Å². The van der Waals surface area contributed by atoms with Gasteiger partial charge in [0.05, 0.1) is 7.11 Å². The second-order valence-corrected chi connectivity index (χ2v) is 5.19. The molecule has 0 saturated carbocycles. The fraction of sp³-hybridized carbons (Fsp3) is 0.389. The third-order valence-corrected chi connectivity index (χ3v) is 3.61. The van der Waals surface area contributed by atoms with E-state index in [-0.39, 0.29) is 0 Å². The van der Waals surface area contributed by atoms with Gasteiger partial charge in [0.2, 0.25) is 5.88 Å². The average molecular weight is 284 g/mol. The first-order valence-corrected chi connectivity index (χ1v) is 7.58. The van der Waals surface area contributed by atoms with E-state index in [1.165, 1.54) is 11.1 Å². The van der Waals surface area contributed by atoms with Crippen molar-refractivity contribution in [3.05, 3.63) is 59.8 Å². The van der Waals surface area contributed by atoms with Gasteiger partial charge in [-0.1, -0.05) is 43.3 Å². The summed E-state index contributed by atoms with van der Waals surface area (Å²) in [6, 6.07) is 15.2. The minimum absolute atomic E-state index is 0.477. The lowest BCUT2D eigenvalue weighted by molar-refractivity contribution is 0.397. The van der Waals surface area contributed by atoms with Crippen molar-refractivity contribution in [2.45, 2.75) is 32.2 Å². The Morgan fingerprint density at radius 2 is 1.90 bits per heavy atom. The van der Waals surface area contributed by atoms with Gasteiger partial charge in [0.1, 0.15) is 0 Å². The molecule has 1 aromatic heterocycles. The SMILES string of the molecule is CCNC(CCc1ccccc1)Cc1ccc(OC)nc1. The van der Waals surface area contributed by atoms with Gasteiger partial charge in [0.15, 0.2) is 0 Å². The minimum atomic E-state index is 0.477. The molecule has 1 heterocycles. The number of aryl methyl sites for hydroxylation is 1. The number of pyridine rings is 1. The number of methoxy groups -OCH3 is 1. The second-order valence-electron chi connectivity index (χ2n) is 5.19. The van der Waals surface area contributed by atoms with Crippen LogP contribution in [-0.2, 0) is 12.8 Å². The standard InChI is InChI=1S/C18H24N2O/c1-3-19-17(11-9-15-7-5-4-6-8-15)13-16-10-12-18(21-2)20-14-16/h4-8,10,12,14,17,19H,3,9,11,13H2,1-2H3. The molecule has 1 N–H and O–H groups in total. The van der Waals surface area contributed by atoms with E-state index < -0.39 is 0 Å². The summed E-state index contributed by atoms with van der Waals surface area (Å²) in [6.45, 7) is 3.14. The van der Waals surface area contributed by atoms with E-state index in [2.05, 4.69) is 53.6 Å². The molecule has 1 atom stereocenters. The number of rotatable bonds is 8. The van der Waals surface area contributed by atoms with Gasteiger partial charge < -0.3 is 10.1 Å². The number of hydrogen-bond acceptors (Lipinski definition) is 3. The van der Waals surface area contributed by atoms with Crippen LogP contribution < -0.4 is 10.1 Å². The summed E-state index contributed by atoms with van der Waals surface area (Å²) in [5.41, 5.74) is 2.64. The molecule has 0 spiro atoms. The molecule has 0 aliphatic carbocycles. The normalized spacial score (nSPS) is 12.1. The number of likely N-dealkylation sites (N-methyl/N-ethyl adjacent to an activating group) is 1. The minimum Gasteiger partial charge on any atom is -0.481 e. The second kappa shape index (κ2) is 8.42. The third-order valence-electron chi connectivity index (χ3n) is 3.61. The van der Waals surface area contributed by atoms with Crippen LogP contribution in [0.15, 0.2) is 48.7 Å². The first-order valence-electron chi connectivity index (χ1n) is 7.58. The molecule has 3 heteroatoms. The lowest BCUT2D eigenvalue weighted by Gasteiger charge is -2.18. The molecule has 112 valence electrons. The first kappa shape index (κ1) is 15.5. The predicted molar refractivity (Wildman–Crippen MR) is 86.7 cm³/mol. The molecular formula is C18H24N2O. The molecule has 3 nitrogen and oxygen atoms in total. The summed E-state index contributed by atoms with van der Waals surface area (Å²) >= 11 is 0. The molecular weight excluding hydrogens is 260 g/mol. The van der Waals surface area contributed by atoms with E-state index >= 15 is 0 Å². The molecule has 0 radical (unpaired) electrons. The van der Waals surface area contributed by atoms with Crippen molar-refractivity contribution in [3.63, 3.8) is 0 Å². The van der Waals surface area contributed by atoms with Gasteiger partial charge in [-0.2, -0.15) is 0 Å². The highest BCUT2D eigenvalue weighted by Gasteiger charge is 2.09. The van der Waals surface area contributed by atoms with E-state index in [0.29, 0.717) is 11.9 Å². The van der Waals surface area contributed by atoms with Crippen LogP contribution in [-0.4, -0.2) is 24.7 Å². The van der Waals surface area contributed by atoms with Crippen LogP contribution in [0.25, 0.3) is 0 Å². The molecule has 0 aliphatic heterocycles. The van der Waals surface area contributed by atoms with Crippen LogP contribution in [0.3, 0.4) is 0 Å². The molecule has 0 aliphatic rings. The number of ether oxygens (including phenoxy) is 1. The predicted octanol–water partition coefficient (Wildman–Crippen LogP) is 3.24. The lowest BCUT2D eigenvalue weighted by atomic mass is 10.00. The van der Waals surface area contributed by atoms with Crippen LogP contribution in [0.5, 0.6) is 5.88 Å². The van der Waals surface area contributed by atoms with Crippen LogP contribution in [0.2, 0.25) is 0 Å². The zero-order chi connectivity index (χ0) is 14.9. The maximum Gasteiger partial charge on any atom is 0.212 e. The van der Waals surface area contributed by atoms with Crippen LogP contribution in [0.4, 0.5) is 0 Å². The highest BCUT2D eigenvalue weighted by molar-refractivity contribution is 5.19. The number of benzene rings is 1. The van der Waals surface area contributed by atoms with Gasteiger partial charge in [-0.15, -0.1) is 0 Å². The largest absolute Gasteiger partial charge is 0.481 e. The van der Waals surface area contributed by atoms with E-state index in [1.54, 1.807) is 7.11 Å². The van der Waals surface area contributed by atoms with Crippen molar-refractivity contribution in [3.8, 4) is 5.88 Å². The van der Waals surface area contributed by atoms with Crippen molar-refractivity contribution in [2.24, 2.45) is 0 Å². The summed E-state index contributed by atoms with van der Waals surface area (Å²) in [7, 11) is 1.64. The maximum absolute atomic E-state index is 5.10. The van der Waals surface area contributed by atoms with Gasteiger partial charge in [-0.05, 0) is 36.9 Å². The smallest absolute Gasteiger partial charge is 0.212 e. The molecule has 0 bridgehead atoms. The highest BCUT2D eigenvalue weighted by atomic mass is 16.5. The average Bonchev–Trinajstić information content (AvgIpc) is 2.54. The Labute approximate surface area is 127 Å². The van der Waals surface area contributed by atoms with E-state index in [4.69, 9.17) is 4.74 Å². The number of hydrogen-bond donors (Lipinski definition) is 1. The first-order chi connectivity index (χ1) is 10.3. The quantitative estimate of drug-likeness (QED) is 0.808. The topological polar surface area (TPSA) is 34.1 Å². The van der Waals surface area contributed by atoms with E-state index in [0.717, 1.165) is 25.8 Å². The molecule has 1 unspecified atom stereocenters. The summed E-state index contributed by atoms with van der Waals surface area (Å²) in [5, 5.41) is 3.57. The van der Waals surface area contributed by atoms with E-state index in [1.807, 2.05) is 12.3 Å². The van der Waals surface area contributed by atoms with Gasteiger partial charge >= 0.3 is 0 Å². The maximum atomic E-state index is 5.10. The van der Waals surface area contributed by atoms with Crippen molar-refractivity contribution < 1.29 is 4.74 Å². The molecule has 0 saturated heterocycles. The highest BCUT2D eigenvalue weighted by Crippen LogP contribution is 2.12. The number of nitrogens with one attached hydrogen (secondary N) is 1. The summed E-state index contributed by atoms with van der Waals surface area (Å²) in [6.07, 6.45) is 5.13. The van der Waals surface area contributed by atoms with Crippen molar-refractivity contribution in [2.75, 3.05) is 13.7 Å². The number of nitrogens with zero attached hydrogens (tertiary/aromatic N) is 1. The third kappa shape index (κ3) is 5.20. The van der Waals surface area contributed by atoms with Crippen LogP contribution in [0.1, 0.15) is 24.5 Å². The van der Waals surface area contributed by atoms with Crippen molar-refractivity contribution >= 4 is 0 Å². The van der Waals surface area contributed by atoms with Crippen molar-refractivity contribution in [1.29, 1.82) is 0 Å². The molecule has 2 aromatic rings. The molecule has 1 aromatic carbocycles. The number of aromatic nitrogens is 1. The van der Waals surface area contributed by atoms with Gasteiger partial charge in [-0.3, -0.25) is 0 Å². The lowest BCUT2D eigenvalue weighted by Crippen LogP contribution is -2.31. The Balaban J connectivity index is 1.91. The van der Waals surface area contributed by atoms with Crippen LogP contribution >= 0.6 is 0 Å². The van der Waals surface area contributed by atoms with Gasteiger partial charge in [0, 0.05) is 18.3 Å². The monoisotopic (exact) mass is 284 g/mol. The fourth-order valence-electron chi connectivity index (χ4n) is 2.49. The molecule has 2 rings (SSSR count). The van der Waals surface area contributed by atoms with Crippen molar-refractivity contribution in [1.82, 2.24) is 10.3 Å². The Morgan fingerprint density at radius 3 is 2.52 bits per heavy atom. The Morgan fingerprint density at radius 1 is 1.10 bits per heavy atom. The summed E-state index contributed by atoms with van der Waals surface area (Å²) in [5.74, 6) is 0.669. The zero-order valence-corrected chi connectivity index (χ0v) is 12.9. The fourth-order valence-corrected chi connectivity index (χ4v) is 2.49. The molecule has 21 heavy (non-hydrogen) atoms. The Hall–Kier alpha value is -1.87. The molecule has 0 amide bonds. The summed E-state index contributed by atoms with van der Waals surface area (Å²) < 4.78 is 5.10.